The number of carbonyl (C=O) groups is 2. The fourth-order valence-electron chi connectivity index (χ4n) is 3.05. The molecular formula is C17H31N3O3. The van der Waals surface area contributed by atoms with Crippen LogP contribution in [0.1, 0.15) is 59.3 Å². The predicted molar refractivity (Wildman–Crippen MR) is 89.2 cm³/mol. The number of nitrogens with one attached hydrogen (secondary N) is 2. The van der Waals surface area contributed by atoms with Gasteiger partial charge >= 0.3 is 6.09 Å². The van der Waals surface area contributed by atoms with Gasteiger partial charge in [-0.25, -0.2) is 4.79 Å². The van der Waals surface area contributed by atoms with Crippen LogP contribution in [0.5, 0.6) is 0 Å². The van der Waals surface area contributed by atoms with E-state index in [1.807, 2.05) is 20.8 Å². The number of hydrogen-bond donors (Lipinski definition) is 2. The van der Waals surface area contributed by atoms with Gasteiger partial charge in [-0.15, -0.1) is 0 Å². The molecule has 1 aliphatic heterocycles. The van der Waals surface area contributed by atoms with Crippen LogP contribution in [0.15, 0.2) is 0 Å². The highest BCUT2D eigenvalue weighted by molar-refractivity contribution is 5.77. The van der Waals surface area contributed by atoms with Crippen molar-refractivity contribution in [3.8, 4) is 0 Å². The van der Waals surface area contributed by atoms with Crippen LogP contribution in [0, 0.1) is 0 Å². The Balaban J connectivity index is 1.56. The molecule has 0 aromatic heterocycles. The lowest BCUT2D eigenvalue weighted by atomic mass is 9.89. The van der Waals surface area contributed by atoms with Gasteiger partial charge in [0.1, 0.15) is 5.60 Å². The van der Waals surface area contributed by atoms with Crippen molar-refractivity contribution in [1.29, 1.82) is 0 Å². The molecule has 2 fully saturated rings. The van der Waals surface area contributed by atoms with Crippen molar-refractivity contribution in [3.63, 3.8) is 0 Å². The SMILES string of the molecule is CC(C)(C)OC(=O)NCCC(=O)NC1CCN(C2CCC2)CC1. The van der Waals surface area contributed by atoms with Gasteiger partial charge in [-0.05, 0) is 46.5 Å². The highest BCUT2D eigenvalue weighted by atomic mass is 16.6. The second-order valence-corrected chi connectivity index (χ2v) is 7.64. The smallest absolute Gasteiger partial charge is 0.407 e. The van der Waals surface area contributed by atoms with E-state index in [1.165, 1.54) is 19.3 Å². The summed E-state index contributed by atoms with van der Waals surface area (Å²) in [6, 6.07) is 1.07. The van der Waals surface area contributed by atoms with E-state index in [1.54, 1.807) is 0 Å². The molecule has 2 amide bonds. The Morgan fingerprint density at radius 1 is 1.13 bits per heavy atom. The van der Waals surface area contributed by atoms with Gasteiger partial charge in [0, 0.05) is 38.1 Å². The van der Waals surface area contributed by atoms with E-state index in [2.05, 4.69) is 15.5 Å². The maximum Gasteiger partial charge on any atom is 0.407 e. The van der Waals surface area contributed by atoms with Gasteiger partial charge in [-0.1, -0.05) is 6.42 Å². The number of nitrogens with zero attached hydrogens (tertiary/aromatic N) is 1. The maximum absolute atomic E-state index is 11.9. The fraction of sp³-hybridized carbons (Fsp3) is 0.882. The number of piperidine rings is 1. The van der Waals surface area contributed by atoms with E-state index in [0.717, 1.165) is 32.0 Å². The maximum atomic E-state index is 11.9. The van der Waals surface area contributed by atoms with Crippen LogP contribution in [0.25, 0.3) is 0 Å². The molecule has 6 heteroatoms. The molecular weight excluding hydrogens is 294 g/mol. The second-order valence-electron chi connectivity index (χ2n) is 7.64. The standard InChI is InChI=1S/C17H31N3O3/c1-17(2,3)23-16(22)18-10-7-15(21)19-13-8-11-20(12-9-13)14-5-4-6-14/h13-14H,4-12H2,1-3H3,(H,18,22)(H,19,21). The molecule has 23 heavy (non-hydrogen) atoms. The number of amides is 2. The van der Waals surface area contributed by atoms with Crippen LogP contribution in [0.4, 0.5) is 4.79 Å². The zero-order valence-corrected chi connectivity index (χ0v) is 14.7. The van der Waals surface area contributed by atoms with Crippen LogP contribution in [-0.4, -0.2) is 54.2 Å². The Morgan fingerprint density at radius 3 is 2.30 bits per heavy atom. The third-order valence-electron chi connectivity index (χ3n) is 4.51. The number of ether oxygens (including phenoxy) is 1. The van der Waals surface area contributed by atoms with Crippen molar-refractivity contribution in [1.82, 2.24) is 15.5 Å². The van der Waals surface area contributed by atoms with Crippen LogP contribution in [0.2, 0.25) is 0 Å². The number of alkyl carbamates (subject to hydrolysis) is 1. The van der Waals surface area contributed by atoms with Crippen molar-refractivity contribution in [2.75, 3.05) is 19.6 Å². The van der Waals surface area contributed by atoms with Gasteiger partial charge in [0.05, 0.1) is 0 Å². The van der Waals surface area contributed by atoms with E-state index in [9.17, 15) is 9.59 Å². The summed E-state index contributed by atoms with van der Waals surface area (Å²) >= 11 is 0. The van der Waals surface area contributed by atoms with Gasteiger partial charge in [0.2, 0.25) is 5.91 Å². The molecule has 0 spiro atoms. The first-order valence-electron chi connectivity index (χ1n) is 8.84. The summed E-state index contributed by atoms with van der Waals surface area (Å²) in [5.74, 6) is 0.00292. The zero-order chi connectivity index (χ0) is 16.9. The summed E-state index contributed by atoms with van der Waals surface area (Å²) in [7, 11) is 0. The fourth-order valence-corrected chi connectivity index (χ4v) is 3.05. The van der Waals surface area contributed by atoms with Gasteiger partial charge in [-0.3, -0.25) is 4.79 Å². The number of likely N-dealkylation sites (tertiary alicyclic amines) is 1. The first-order valence-corrected chi connectivity index (χ1v) is 8.84. The molecule has 0 aromatic carbocycles. The van der Waals surface area contributed by atoms with E-state index in [-0.39, 0.29) is 11.9 Å². The Labute approximate surface area is 139 Å². The minimum absolute atomic E-state index is 0.00292. The minimum atomic E-state index is -0.513. The van der Waals surface area contributed by atoms with Crippen molar-refractivity contribution in [2.24, 2.45) is 0 Å². The van der Waals surface area contributed by atoms with E-state index < -0.39 is 11.7 Å². The molecule has 0 unspecified atom stereocenters. The van der Waals surface area contributed by atoms with Gasteiger partial charge in [-0.2, -0.15) is 0 Å². The summed E-state index contributed by atoms with van der Waals surface area (Å²) in [5, 5.41) is 5.69. The lowest BCUT2D eigenvalue weighted by Crippen LogP contribution is -2.50. The van der Waals surface area contributed by atoms with Gasteiger partial charge in [0.25, 0.3) is 0 Å². The molecule has 1 saturated carbocycles. The van der Waals surface area contributed by atoms with Gasteiger partial charge in [0.15, 0.2) is 0 Å². The first kappa shape index (κ1) is 18.0. The Kier molecular flexibility index (Phi) is 6.27. The monoisotopic (exact) mass is 325 g/mol. The summed E-state index contributed by atoms with van der Waals surface area (Å²) in [6.45, 7) is 7.93. The number of hydrogen-bond acceptors (Lipinski definition) is 4. The molecule has 0 aromatic rings. The molecule has 0 atom stereocenters. The molecule has 1 saturated heterocycles. The first-order chi connectivity index (χ1) is 10.8. The normalized spacial score (nSPS) is 20.7. The van der Waals surface area contributed by atoms with Crippen molar-refractivity contribution < 1.29 is 14.3 Å². The molecule has 2 N–H and O–H groups in total. The van der Waals surface area contributed by atoms with Gasteiger partial charge < -0.3 is 20.3 Å². The molecule has 132 valence electrons. The van der Waals surface area contributed by atoms with Crippen molar-refractivity contribution in [3.05, 3.63) is 0 Å². The average molecular weight is 325 g/mol. The Hall–Kier alpha value is -1.30. The molecule has 2 rings (SSSR count). The van der Waals surface area contributed by atoms with E-state index in [0.29, 0.717) is 13.0 Å². The number of rotatable bonds is 5. The lowest BCUT2D eigenvalue weighted by Gasteiger charge is -2.41. The summed E-state index contributed by atoms with van der Waals surface area (Å²) in [6.07, 6.45) is 5.93. The summed E-state index contributed by atoms with van der Waals surface area (Å²) in [5.41, 5.74) is -0.513. The largest absolute Gasteiger partial charge is 0.444 e. The summed E-state index contributed by atoms with van der Waals surface area (Å²) in [4.78, 5) is 26.0. The van der Waals surface area contributed by atoms with Crippen LogP contribution in [0.3, 0.4) is 0 Å². The molecule has 1 heterocycles. The number of carbonyl (C=O) groups excluding carboxylic acids is 2. The topological polar surface area (TPSA) is 70.7 Å². The van der Waals surface area contributed by atoms with E-state index >= 15 is 0 Å². The quantitative estimate of drug-likeness (QED) is 0.811. The molecule has 0 radical (unpaired) electrons. The average Bonchev–Trinajstić information content (AvgIpc) is 2.36. The molecule has 0 bridgehead atoms. The summed E-state index contributed by atoms with van der Waals surface area (Å²) < 4.78 is 5.13. The highest BCUT2D eigenvalue weighted by Gasteiger charge is 2.29. The van der Waals surface area contributed by atoms with Crippen molar-refractivity contribution >= 4 is 12.0 Å². The van der Waals surface area contributed by atoms with E-state index in [4.69, 9.17) is 4.74 Å². The van der Waals surface area contributed by atoms with Crippen LogP contribution >= 0.6 is 0 Å². The van der Waals surface area contributed by atoms with Crippen LogP contribution < -0.4 is 10.6 Å². The Morgan fingerprint density at radius 2 is 1.78 bits per heavy atom. The third-order valence-corrected chi connectivity index (χ3v) is 4.51. The predicted octanol–water partition coefficient (Wildman–Crippen LogP) is 2.03. The molecule has 6 nitrogen and oxygen atoms in total. The molecule has 2 aliphatic rings. The zero-order valence-electron chi connectivity index (χ0n) is 14.7. The molecule has 1 aliphatic carbocycles. The van der Waals surface area contributed by atoms with Crippen LogP contribution in [-0.2, 0) is 9.53 Å². The Bertz CT molecular complexity index is 408. The third kappa shape index (κ3) is 6.37. The lowest BCUT2D eigenvalue weighted by molar-refractivity contribution is -0.122. The minimum Gasteiger partial charge on any atom is -0.444 e. The second kappa shape index (κ2) is 7.99. The van der Waals surface area contributed by atoms with Crippen molar-refractivity contribution in [2.45, 2.75) is 77.0 Å². The highest BCUT2D eigenvalue weighted by Crippen LogP contribution is 2.27.